The third-order valence-corrected chi connectivity index (χ3v) is 3.22. The predicted octanol–water partition coefficient (Wildman–Crippen LogP) is 2.24. The van der Waals surface area contributed by atoms with E-state index in [1.165, 1.54) is 25.7 Å². The maximum Gasteiger partial charge on any atom is 0.243 e. The van der Waals surface area contributed by atoms with E-state index in [-0.39, 0.29) is 12.5 Å². The molecule has 0 atom stereocenters. The Bertz CT molecular complexity index is 301. The molecule has 0 saturated heterocycles. The molecule has 0 aliphatic carbocycles. The fourth-order valence-electron chi connectivity index (χ4n) is 1.87. The minimum Gasteiger partial charge on any atom is -0.357 e. The molecule has 1 amide bonds. The number of amides is 1. The smallest absolute Gasteiger partial charge is 0.243 e. The van der Waals surface area contributed by atoms with Gasteiger partial charge in [-0.25, -0.2) is 4.99 Å². The molecule has 0 spiro atoms. The first-order valence-electron chi connectivity index (χ1n) is 8.19. The van der Waals surface area contributed by atoms with Gasteiger partial charge in [0.25, 0.3) is 0 Å². The molecule has 0 fully saturated rings. The highest BCUT2D eigenvalue weighted by atomic mass is 16.2. The minimum absolute atomic E-state index is 0.0147. The van der Waals surface area contributed by atoms with Crippen LogP contribution >= 0.6 is 0 Å². The van der Waals surface area contributed by atoms with E-state index in [0.717, 1.165) is 31.4 Å². The molecule has 0 aliphatic heterocycles. The van der Waals surface area contributed by atoms with Gasteiger partial charge in [0.15, 0.2) is 5.96 Å². The highest BCUT2D eigenvalue weighted by Gasteiger charge is 2.03. The summed E-state index contributed by atoms with van der Waals surface area (Å²) >= 11 is 0. The summed E-state index contributed by atoms with van der Waals surface area (Å²) in [6.07, 6.45) is 6.33. The summed E-state index contributed by atoms with van der Waals surface area (Å²) in [7, 11) is 3.49. The lowest BCUT2D eigenvalue weighted by molar-refractivity contribution is -0.127. The second-order valence-corrected chi connectivity index (χ2v) is 6.01. The quantitative estimate of drug-likeness (QED) is 0.369. The first-order valence-corrected chi connectivity index (χ1v) is 8.19. The summed E-state index contributed by atoms with van der Waals surface area (Å²) in [5.74, 6) is 1.56. The molecule has 0 aromatic heterocycles. The molecule has 0 bridgehead atoms. The van der Waals surface area contributed by atoms with E-state index in [1.807, 2.05) is 6.92 Å². The lowest BCUT2D eigenvalue weighted by Crippen LogP contribution is -2.38. The van der Waals surface area contributed by atoms with Crippen molar-refractivity contribution in [2.45, 2.75) is 52.9 Å². The Morgan fingerprint density at radius 1 is 1.10 bits per heavy atom. The average Bonchev–Trinajstić information content (AvgIpc) is 2.42. The van der Waals surface area contributed by atoms with Crippen LogP contribution in [0.5, 0.6) is 0 Å². The molecule has 0 saturated carbocycles. The van der Waals surface area contributed by atoms with Crippen molar-refractivity contribution in [2.24, 2.45) is 10.9 Å². The van der Waals surface area contributed by atoms with E-state index in [1.54, 1.807) is 19.0 Å². The van der Waals surface area contributed by atoms with Crippen LogP contribution in [0.1, 0.15) is 52.9 Å². The SMILES string of the molecule is CCNC(=NCC(=O)N(C)C)NCCCCCCC(C)C. The second-order valence-electron chi connectivity index (χ2n) is 6.01. The first kappa shape index (κ1) is 19.7. The van der Waals surface area contributed by atoms with Gasteiger partial charge in [0.05, 0.1) is 0 Å². The zero-order valence-corrected chi connectivity index (χ0v) is 14.5. The fraction of sp³-hybridized carbons (Fsp3) is 0.875. The van der Waals surface area contributed by atoms with Crippen LogP contribution < -0.4 is 10.6 Å². The molecule has 0 aromatic rings. The highest BCUT2D eigenvalue weighted by Crippen LogP contribution is 2.08. The van der Waals surface area contributed by atoms with E-state index >= 15 is 0 Å². The van der Waals surface area contributed by atoms with Crippen LogP contribution in [0.4, 0.5) is 0 Å². The number of carbonyl (C=O) groups excluding carboxylic acids is 1. The van der Waals surface area contributed by atoms with Crippen molar-refractivity contribution in [3.05, 3.63) is 0 Å². The normalized spacial score (nSPS) is 11.6. The third kappa shape index (κ3) is 12.2. The van der Waals surface area contributed by atoms with Crippen molar-refractivity contribution in [3.8, 4) is 0 Å². The Morgan fingerprint density at radius 3 is 2.33 bits per heavy atom. The van der Waals surface area contributed by atoms with Gasteiger partial charge in [-0.05, 0) is 19.3 Å². The van der Waals surface area contributed by atoms with Crippen molar-refractivity contribution >= 4 is 11.9 Å². The summed E-state index contributed by atoms with van der Waals surface area (Å²) < 4.78 is 0. The molecular weight excluding hydrogens is 264 g/mol. The van der Waals surface area contributed by atoms with Crippen molar-refractivity contribution in [1.29, 1.82) is 0 Å². The van der Waals surface area contributed by atoms with Gasteiger partial charge < -0.3 is 15.5 Å². The van der Waals surface area contributed by atoms with Crippen molar-refractivity contribution < 1.29 is 4.79 Å². The number of nitrogens with one attached hydrogen (secondary N) is 2. The zero-order valence-electron chi connectivity index (χ0n) is 14.5. The van der Waals surface area contributed by atoms with Crippen molar-refractivity contribution in [3.63, 3.8) is 0 Å². The molecule has 2 N–H and O–H groups in total. The predicted molar refractivity (Wildman–Crippen MR) is 90.6 cm³/mol. The summed E-state index contributed by atoms with van der Waals surface area (Å²) in [6.45, 7) is 8.47. The summed E-state index contributed by atoms with van der Waals surface area (Å²) in [5, 5.41) is 6.44. The number of aliphatic imine (C=N–C) groups is 1. The van der Waals surface area contributed by atoms with E-state index in [4.69, 9.17) is 0 Å². The number of hydrogen-bond acceptors (Lipinski definition) is 2. The second kappa shape index (κ2) is 12.5. The van der Waals surface area contributed by atoms with Gasteiger partial charge in [-0.2, -0.15) is 0 Å². The van der Waals surface area contributed by atoms with Gasteiger partial charge in [-0.1, -0.05) is 39.5 Å². The van der Waals surface area contributed by atoms with Gasteiger partial charge in [0.2, 0.25) is 5.91 Å². The number of guanidine groups is 1. The summed E-state index contributed by atoms with van der Waals surface area (Å²) in [6, 6.07) is 0. The van der Waals surface area contributed by atoms with Gasteiger partial charge in [-0.15, -0.1) is 0 Å². The number of rotatable bonds is 10. The lowest BCUT2D eigenvalue weighted by Gasteiger charge is -2.12. The topological polar surface area (TPSA) is 56.7 Å². The number of carbonyl (C=O) groups is 1. The molecule has 21 heavy (non-hydrogen) atoms. The van der Waals surface area contributed by atoms with Crippen LogP contribution in [-0.2, 0) is 4.79 Å². The highest BCUT2D eigenvalue weighted by molar-refractivity contribution is 5.84. The van der Waals surface area contributed by atoms with Crippen LogP contribution in [0, 0.1) is 5.92 Å². The van der Waals surface area contributed by atoms with Crippen LogP contribution in [0.3, 0.4) is 0 Å². The van der Waals surface area contributed by atoms with Crippen molar-refractivity contribution in [2.75, 3.05) is 33.7 Å². The monoisotopic (exact) mass is 298 g/mol. The molecule has 5 nitrogen and oxygen atoms in total. The Kier molecular flexibility index (Phi) is 11.7. The summed E-state index contributed by atoms with van der Waals surface area (Å²) in [4.78, 5) is 17.4. The number of nitrogens with zero attached hydrogens (tertiary/aromatic N) is 2. The Balaban J connectivity index is 3.83. The standard InChI is InChI=1S/C16H34N4O/c1-6-17-16(19-13-15(21)20(4)5)18-12-10-8-7-9-11-14(2)3/h14H,6-13H2,1-5H3,(H2,17,18,19). The van der Waals surface area contributed by atoms with Gasteiger partial charge in [-0.3, -0.25) is 4.79 Å². The minimum atomic E-state index is 0.0147. The molecule has 124 valence electrons. The van der Waals surface area contributed by atoms with E-state index in [2.05, 4.69) is 29.5 Å². The van der Waals surface area contributed by atoms with Gasteiger partial charge in [0.1, 0.15) is 6.54 Å². The van der Waals surface area contributed by atoms with Gasteiger partial charge >= 0.3 is 0 Å². The molecule has 0 radical (unpaired) electrons. The lowest BCUT2D eigenvalue weighted by atomic mass is 10.0. The summed E-state index contributed by atoms with van der Waals surface area (Å²) in [5.41, 5.74) is 0. The van der Waals surface area contributed by atoms with E-state index < -0.39 is 0 Å². The molecule has 0 aliphatic rings. The number of likely N-dealkylation sites (N-methyl/N-ethyl adjacent to an activating group) is 1. The molecule has 0 aromatic carbocycles. The molecule has 0 rings (SSSR count). The molecule has 0 unspecified atom stereocenters. The number of hydrogen-bond donors (Lipinski definition) is 2. The van der Waals surface area contributed by atoms with E-state index in [9.17, 15) is 4.79 Å². The van der Waals surface area contributed by atoms with E-state index in [0.29, 0.717) is 0 Å². The fourth-order valence-corrected chi connectivity index (χ4v) is 1.87. The third-order valence-electron chi connectivity index (χ3n) is 3.22. The molecule has 0 heterocycles. The van der Waals surface area contributed by atoms with Crippen LogP contribution in [0.25, 0.3) is 0 Å². The van der Waals surface area contributed by atoms with Crippen LogP contribution in [-0.4, -0.2) is 50.5 Å². The van der Waals surface area contributed by atoms with Crippen molar-refractivity contribution in [1.82, 2.24) is 15.5 Å². The largest absolute Gasteiger partial charge is 0.357 e. The first-order chi connectivity index (χ1) is 9.97. The zero-order chi connectivity index (χ0) is 16.1. The maximum atomic E-state index is 11.5. The number of unbranched alkanes of at least 4 members (excludes halogenated alkanes) is 3. The van der Waals surface area contributed by atoms with Gasteiger partial charge in [0, 0.05) is 27.2 Å². The Labute approximate surface area is 130 Å². The molecular formula is C16H34N4O. The molecule has 5 heteroatoms. The van der Waals surface area contributed by atoms with Crippen LogP contribution in [0.15, 0.2) is 4.99 Å². The van der Waals surface area contributed by atoms with Crippen LogP contribution in [0.2, 0.25) is 0 Å². The Morgan fingerprint density at radius 2 is 1.76 bits per heavy atom. The Hall–Kier alpha value is -1.26. The average molecular weight is 298 g/mol. The maximum absolute atomic E-state index is 11.5.